The second-order valence-electron chi connectivity index (χ2n) is 7.72. The van der Waals surface area contributed by atoms with Crippen LogP contribution in [0, 0.1) is 5.82 Å². The summed E-state index contributed by atoms with van der Waals surface area (Å²) in [7, 11) is 4.48. The zero-order valence-electron chi connectivity index (χ0n) is 19.6. The van der Waals surface area contributed by atoms with Gasteiger partial charge in [-0.3, -0.25) is 4.79 Å². The molecule has 0 aliphatic rings. The molecule has 0 radical (unpaired) electrons. The molecule has 0 spiro atoms. The first-order valence-corrected chi connectivity index (χ1v) is 11.3. The second kappa shape index (κ2) is 10.7. The monoisotopic (exact) mass is 497 g/mol. The number of nitrogens with one attached hydrogen (secondary N) is 1. The minimum atomic E-state index is -0.378. The fourth-order valence-electron chi connectivity index (χ4n) is 3.94. The summed E-state index contributed by atoms with van der Waals surface area (Å²) < 4.78 is 32.4. The SMILES string of the molecule is COc1cc(C(=O)NCCc2nc3ccccc3n2Cc2c(F)cccc2Cl)cc(OC)c1OC. The highest BCUT2D eigenvalue weighted by Crippen LogP contribution is 2.38. The summed E-state index contributed by atoms with van der Waals surface area (Å²) in [5.41, 5.74) is 2.40. The molecule has 0 saturated heterocycles. The molecule has 0 saturated carbocycles. The molecule has 0 aliphatic carbocycles. The van der Waals surface area contributed by atoms with E-state index in [4.69, 9.17) is 30.8 Å². The van der Waals surface area contributed by atoms with Crippen molar-refractivity contribution in [3.63, 3.8) is 0 Å². The lowest BCUT2D eigenvalue weighted by molar-refractivity contribution is 0.0953. The summed E-state index contributed by atoms with van der Waals surface area (Å²) in [6.45, 7) is 0.534. The maximum absolute atomic E-state index is 14.5. The number of carbonyl (C=O) groups excluding carboxylic acids is 1. The zero-order chi connectivity index (χ0) is 24.9. The molecule has 3 aromatic carbocycles. The predicted octanol–water partition coefficient (Wildman–Crippen LogP) is 4.88. The molecule has 1 aromatic heterocycles. The second-order valence-corrected chi connectivity index (χ2v) is 8.13. The standard InChI is InChI=1S/C26H25ClFN3O4/c1-33-22-13-16(14-23(34-2)25(22)35-3)26(32)29-12-11-24-30-20-9-4-5-10-21(20)31(24)15-17-18(27)7-6-8-19(17)28/h4-10,13-14H,11-12,15H2,1-3H3,(H,29,32). The summed E-state index contributed by atoms with van der Waals surface area (Å²) in [6, 6.07) is 15.4. The first-order valence-electron chi connectivity index (χ1n) is 10.9. The molecule has 0 atom stereocenters. The van der Waals surface area contributed by atoms with Crippen LogP contribution in [0.1, 0.15) is 21.7 Å². The van der Waals surface area contributed by atoms with Gasteiger partial charge in [-0.1, -0.05) is 29.8 Å². The van der Waals surface area contributed by atoms with Gasteiger partial charge in [-0.05, 0) is 36.4 Å². The van der Waals surface area contributed by atoms with Gasteiger partial charge in [0.2, 0.25) is 5.75 Å². The highest BCUT2D eigenvalue weighted by molar-refractivity contribution is 6.31. The molecule has 7 nitrogen and oxygen atoms in total. The van der Waals surface area contributed by atoms with Crippen LogP contribution in [0.15, 0.2) is 54.6 Å². The highest BCUT2D eigenvalue weighted by Gasteiger charge is 2.18. The van der Waals surface area contributed by atoms with Crippen LogP contribution in [-0.4, -0.2) is 43.3 Å². The molecule has 0 bridgehead atoms. The van der Waals surface area contributed by atoms with E-state index >= 15 is 0 Å². The summed E-state index contributed by atoms with van der Waals surface area (Å²) in [5, 5.41) is 3.25. The van der Waals surface area contributed by atoms with Crippen molar-refractivity contribution in [3.05, 3.63) is 82.4 Å². The summed E-state index contributed by atoms with van der Waals surface area (Å²) in [5.74, 6) is 1.21. The minimum absolute atomic E-state index is 0.224. The van der Waals surface area contributed by atoms with E-state index < -0.39 is 0 Å². The maximum atomic E-state index is 14.5. The third-order valence-corrected chi connectivity index (χ3v) is 6.03. The number of para-hydroxylation sites is 2. The molecular weight excluding hydrogens is 473 g/mol. The van der Waals surface area contributed by atoms with E-state index in [1.54, 1.807) is 24.3 Å². The Balaban J connectivity index is 1.55. The molecule has 0 unspecified atom stereocenters. The van der Waals surface area contributed by atoms with Gasteiger partial charge >= 0.3 is 0 Å². The number of amides is 1. The lowest BCUT2D eigenvalue weighted by Crippen LogP contribution is -2.26. The Bertz CT molecular complexity index is 1330. The Morgan fingerprint density at radius 2 is 1.74 bits per heavy atom. The van der Waals surface area contributed by atoms with Crippen LogP contribution in [-0.2, 0) is 13.0 Å². The van der Waals surface area contributed by atoms with Crippen LogP contribution in [0.4, 0.5) is 4.39 Å². The molecule has 9 heteroatoms. The van der Waals surface area contributed by atoms with Crippen molar-refractivity contribution in [2.45, 2.75) is 13.0 Å². The molecule has 4 rings (SSSR count). The summed E-state index contributed by atoms with van der Waals surface area (Å²) >= 11 is 6.27. The molecule has 1 N–H and O–H groups in total. The number of imidazole rings is 1. The van der Waals surface area contributed by atoms with E-state index in [9.17, 15) is 9.18 Å². The molecule has 1 heterocycles. The Morgan fingerprint density at radius 1 is 1.03 bits per heavy atom. The summed E-state index contributed by atoms with van der Waals surface area (Å²) in [4.78, 5) is 17.6. The van der Waals surface area contributed by atoms with Crippen molar-refractivity contribution in [1.29, 1.82) is 0 Å². The van der Waals surface area contributed by atoms with E-state index in [0.29, 0.717) is 52.2 Å². The average Bonchev–Trinajstić information content (AvgIpc) is 3.22. The van der Waals surface area contributed by atoms with Crippen LogP contribution < -0.4 is 19.5 Å². The number of hydrogen-bond acceptors (Lipinski definition) is 5. The third-order valence-electron chi connectivity index (χ3n) is 5.67. The number of hydrogen-bond donors (Lipinski definition) is 1. The van der Waals surface area contributed by atoms with Crippen molar-refractivity contribution < 1.29 is 23.4 Å². The van der Waals surface area contributed by atoms with Crippen molar-refractivity contribution in [1.82, 2.24) is 14.9 Å². The Labute approximate surface area is 207 Å². The number of aromatic nitrogens is 2. The van der Waals surface area contributed by atoms with Gasteiger partial charge < -0.3 is 24.1 Å². The number of benzene rings is 3. The van der Waals surface area contributed by atoms with Crippen LogP contribution in [0.2, 0.25) is 5.02 Å². The van der Waals surface area contributed by atoms with E-state index in [-0.39, 0.29) is 18.3 Å². The van der Waals surface area contributed by atoms with Crippen molar-refractivity contribution in [2.75, 3.05) is 27.9 Å². The van der Waals surface area contributed by atoms with Gasteiger partial charge in [0.1, 0.15) is 11.6 Å². The van der Waals surface area contributed by atoms with Gasteiger partial charge in [0.05, 0.1) is 38.9 Å². The van der Waals surface area contributed by atoms with Gasteiger partial charge in [0.15, 0.2) is 11.5 Å². The Hall–Kier alpha value is -3.78. The smallest absolute Gasteiger partial charge is 0.251 e. The van der Waals surface area contributed by atoms with Gasteiger partial charge in [0.25, 0.3) is 5.91 Å². The fraction of sp³-hybridized carbons (Fsp3) is 0.231. The predicted molar refractivity (Wildman–Crippen MR) is 132 cm³/mol. The molecule has 0 aliphatic heterocycles. The zero-order valence-corrected chi connectivity index (χ0v) is 20.4. The number of halogens is 2. The van der Waals surface area contributed by atoms with Crippen LogP contribution in [0.25, 0.3) is 11.0 Å². The number of ether oxygens (including phenoxy) is 3. The highest BCUT2D eigenvalue weighted by atomic mass is 35.5. The largest absolute Gasteiger partial charge is 0.493 e. The van der Waals surface area contributed by atoms with Crippen molar-refractivity contribution in [2.24, 2.45) is 0 Å². The molecule has 35 heavy (non-hydrogen) atoms. The number of fused-ring (bicyclic) bond motifs is 1. The van der Waals surface area contributed by atoms with E-state index in [0.717, 1.165) is 11.0 Å². The van der Waals surface area contributed by atoms with Gasteiger partial charge in [-0.25, -0.2) is 9.37 Å². The first-order chi connectivity index (χ1) is 17.0. The Morgan fingerprint density at radius 3 is 2.40 bits per heavy atom. The normalized spacial score (nSPS) is 10.9. The third kappa shape index (κ3) is 5.02. The number of nitrogens with zero attached hydrogens (tertiary/aromatic N) is 2. The molecule has 182 valence electrons. The van der Waals surface area contributed by atoms with Crippen molar-refractivity contribution >= 4 is 28.5 Å². The quantitative estimate of drug-likeness (QED) is 0.357. The van der Waals surface area contributed by atoms with Gasteiger partial charge in [-0.2, -0.15) is 0 Å². The lowest BCUT2D eigenvalue weighted by Gasteiger charge is -2.14. The van der Waals surface area contributed by atoms with E-state index in [2.05, 4.69) is 5.32 Å². The van der Waals surface area contributed by atoms with Crippen LogP contribution >= 0.6 is 11.6 Å². The minimum Gasteiger partial charge on any atom is -0.493 e. The van der Waals surface area contributed by atoms with E-state index in [1.807, 2.05) is 28.8 Å². The van der Waals surface area contributed by atoms with E-state index in [1.165, 1.54) is 27.4 Å². The lowest BCUT2D eigenvalue weighted by atomic mass is 10.1. The van der Waals surface area contributed by atoms with Crippen LogP contribution in [0.3, 0.4) is 0 Å². The first kappa shape index (κ1) is 24.3. The van der Waals surface area contributed by atoms with Gasteiger partial charge in [0, 0.05) is 29.1 Å². The van der Waals surface area contributed by atoms with Crippen LogP contribution in [0.5, 0.6) is 17.2 Å². The number of methoxy groups -OCH3 is 3. The topological polar surface area (TPSA) is 74.6 Å². The molecule has 1 amide bonds. The average molecular weight is 498 g/mol. The number of carbonyl (C=O) groups is 1. The molecule has 0 fully saturated rings. The molecular formula is C26H25ClFN3O4. The van der Waals surface area contributed by atoms with Gasteiger partial charge in [-0.15, -0.1) is 0 Å². The number of rotatable bonds is 9. The Kier molecular flexibility index (Phi) is 7.41. The maximum Gasteiger partial charge on any atom is 0.251 e. The molecule has 4 aromatic rings. The van der Waals surface area contributed by atoms with Crippen molar-refractivity contribution in [3.8, 4) is 17.2 Å². The summed E-state index contributed by atoms with van der Waals surface area (Å²) in [6.07, 6.45) is 0.427. The fourth-order valence-corrected chi connectivity index (χ4v) is 4.16.